The van der Waals surface area contributed by atoms with Gasteiger partial charge in [-0.3, -0.25) is 9.69 Å². The molecule has 138 valence electrons. The molecule has 1 N–H and O–H groups in total. The van der Waals surface area contributed by atoms with Crippen molar-refractivity contribution in [2.24, 2.45) is 0 Å². The topological polar surface area (TPSA) is 80.5 Å². The van der Waals surface area contributed by atoms with Crippen LogP contribution >= 0.6 is 0 Å². The van der Waals surface area contributed by atoms with Crippen LogP contribution in [-0.4, -0.2) is 41.1 Å². The largest absolute Gasteiger partial charge is 0.497 e. The molecule has 7 nitrogen and oxygen atoms in total. The number of carbonyl (C=O) groups excluding carboxylic acids is 1. The predicted octanol–water partition coefficient (Wildman–Crippen LogP) is 2.41. The number of hydrogen-bond acceptors (Lipinski definition) is 6. The SMILES string of the molecule is COc1ccc(CN2CCC(c3noc([C@H]4CCC(=O)N4)n3)CC2)cc1. The van der Waals surface area contributed by atoms with Crippen molar-refractivity contribution >= 4 is 5.91 Å². The van der Waals surface area contributed by atoms with E-state index in [4.69, 9.17) is 9.26 Å². The van der Waals surface area contributed by atoms with E-state index in [0.717, 1.165) is 50.5 Å². The standard InChI is InChI=1S/C19H24N4O3/c1-25-15-4-2-13(3-5-15)12-23-10-8-14(9-11-23)18-21-19(26-22-18)16-6-7-17(24)20-16/h2-5,14,16H,6-12H2,1H3,(H,20,24)/t16-/m1/s1. The van der Waals surface area contributed by atoms with Crippen molar-refractivity contribution in [3.05, 3.63) is 41.5 Å². The zero-order valence-corrected chi connectivity index (χ0v) is 15.0. The first-order valence-corrected chi connectivity index (χ1v) is 9.19. The molecule has 26 heavy (non-hydrogen) atoms. The highest BCUT2D eigenvalue weighted by Crippen LogP contribution is 2.29. The van der Waals surface area contributed by atoms with E-state index < -0.39 is 0 Å². The van der Waals surface area contributed by atoms with Crippen LogP contribution in [0.25, 0.3) is 0 Å². The Kier molecular flexibility index (Phi) is 4.88. The number of hydrogen-bond donors (Lipinski definition) is 1. The normalized spacial score (nSPS) is 21.7. The van der Waals surface area contributed by atoms with Gasteiger partial charge in [0.15, 0.2) is 5.82 Å². The number of ether oxygens (including phenoxy) is 1. The van der Waals surface area contributed by atoms with Crippen molar-refractivity contribution in [3.8, 4) is 5.75 Å². The minimum Gasteiger partial charge on any atom is -0.497 e. The third kappa shape index (κ3) is 3.72. The molecule has 2 aliphatic rings. The summed E-state index contributed by atoms with van der Waals surface area (Å²) in [5, 5.41) is 7.04. The Hall–Kier alpha value is -2.41. The van der Waals surface area contributed by atoms with E-state index in [2.05, 4.69) is 32.5 Å². The third-order valence-corrected chi connectivity index (χ3v) is 5.27. The first-order chi connectivity index (χ1) is 12.7. The first kappa shape index (κ1) is 17.0. The van der Waals surface area contributed by atoms with Gasteiger partial charge in [-0.25, -0.2) is 0 Å². The summed E-state index contributed by atoms with van der Waals surface area (Å²) in [6.45, 7) is 2.98. The van der Waals surface area contributed by atoms with Crippen LogP contribution in [0.15, 0.2) is 28.8 Å². The molecule has 0 aliphatic carbocycles. The lowest BCUT2D eigenvalue weighted by Crippen LogP contribution is -2.32. The number of piperidine rings is 1. The number of likely N-dealkylation sites (tertiary alicyclic amines) is 1. The van der Waals surface area contributed by atoms with E-state index in [1.54, 1.807) is 7.11 Å². The highest BCUT2D eigenvalue weighted by Gasteiger charge is 2.30. The van der Waals surface area contributed by atoms with Crippen LogP contribution in [0.5, 0.6) is 5.75 Å². The number of amides is 1. The maximum atomic E-state index is 11.3. The van der Waals surface area contributed by atoms with Crippen LogP contribution in [0.1, 0.15) is 54.9 Å². The van der Waals surface area contributed by atoms with Gasteiger partial charge in [0.1, 0.15) is 11.8 Å². The number of nitrogens with zero attached hydrogens (tertiary/aromatic N) is 3. The molecule has 4 rings (SSSR count). The Morgan fingerprint density at radius 3 is 2.65 bits per heavy atom. The lowest BCUT2D eigenvalue weighted by molar-refractivity contribution is -0.119. The quantitative estimate of drug-likeness (QED) is 0.886. The van der Waals surface area contributed by atoms with Crippen molar-refractivity contribution in [1.29, 1.82) is 0 Å². The summed E-state index contributed by atoms with van der Waals surface area (Å²) in [6.07, 6.45) is 3.31. The summed E-state index contributed by atoms with van der Waals surface area (Å²) in [5.41, 5.74) is 1.29. The molecule has 0 bridgehead atoms. The minimum atomic E-state index is -0.112. The molecule has 1 amide bonds. The number of benzene rings is 1. The molecule has 7 heteroatoms. The molecule has 1 aromatic heterocycles. The molecular weight excluding hydrogens is 332 g/mol. The Morgan fingerprint density at radius 1 is 1.23 bits per heavy atom. The van der Waals surface area contributed by atoms with Crippen LogP contribution in [0.4, 0.5) is 0 Å². The van der Waals surface area contributed by atoms with Crippen molar-refractivity contribution in [2.75, 3.05) is 20.2 Å². The summed E-state index contributed by atoms with van der Waals surface area (Å²) in [5.74, 6) is 2.61. The molecule has 2 saturated heterocycles. The number of aromatic nitrogens is 2. The van der Waals surface area contributed by atoms with Crippen LogP contribution in [0.2, 0.25) is 0 Å². The fourth-order valence-electron chi connectivity index (χ4n) is 3.69. The lowest BCUT2D eigenvalue weighted by atomic mass is 9.96. The predicted molar refractivity (Wildman–Crippen MR) is 94.7 cm³/mol. The summed E-state index contributed by atoms with van der Waals surface area (Å²) in [4.78, 5) is 18.4. The Morgan fingerprint density at radius 2 is 2.00 bits per heavy atom. The van der Waals surface area contributed by atoms with E-state index in [-0.39, 0.29) is 11.9 Å². The van der Waals surface area contributed by atoms with Crippen LogP contribution in [-0.2, 0) is 11.3 Å². The van der Waals surface area contributed by atoms with Crippen molar-refractivity contribution in [2.45, 2.75) is 44.2 Å². The first-order valence-electron chi connectivity index (χ1n) is 9.19. The van der Waals surface area contributed by atoms with Gasteiger partial charge >= 0.3 is 0 Å². The maximum Gasteiger partial charge on any atom is 0.249 e. The van der Waals surface area contributed by atoms with Gasteiger partial charge < -0.3 is 14.6 Å². The molecule has 0 spiro atoms. The molecule has 0 unspecified atom stereocenters. The van der Waals surface area contributed by atoms with E-state index in [1.165, 1.54) is 5.56 Å². The monoisotopic (exact) mass is 356 g/mol. The lowest BCUT2D eigenvalue weighted by Gasteiger charge is -2.30. The second-order valence-corrected chi connectivity index (χ2v) is 7.05. The molecule has 0 radical (unpaired) electrons. The van der Waals surface area contributed by atoms with E-state index in [9.17, 15) is 4.79 Å². The smallest absolute Gasteiger partial charge is 0.249 e. The van der Waals surface area contributed by atoms with Gasteiger partial charge in [0.2, 0.25) is 11.8 Å². The molecule has 1 aromatic carbocycles. The molecule has 3 heterocycles. The molecule has 1 atom stereocenters. The second kappa shape index (κ2) is 7.45. The van der Waals surface area contributed by atoms with Crippen molar-refractivity contribution in [3.63, 3.8) is 0 Å². The summed E-state index contributed by atoms with van der Waals surface area (Å²) in [6, 6.07) is 8.13. The Labute approximate surface area is 152 Å². The zero-order chi connectivity index (χ0) is 17.9. The number of rotatable bonds is 5. The van der Waals surface area contributed by atoms with Crippen molar-refractivity contribution < 1.29 is 14.1 Å². The van der Waals surface area contributed by atoms with Gasteiger partial charge in [-0.1, -0.05) is 17.3 Å². The fourth-order valence-corrected chi connectivity index (χ4v) is 3.69. The average Bonchev–Trinajstić information content (AvgIpc) is 3.32. The maximum absolute atomic E-state index is 11.3. The average molecular weight is 356 g/mol. The Balaban J connectivity index is 1.30. The van der Waals surface area contributed by atoms with Gasteiger partial charge in [0.05, 0.1) is 7.11 Å². The molecule has 2 aliphatic heterocycles. The fraction of sp³-hybridized carbons (Fsp3) is 0.526. The molecule has 2 fully saturated rings. The second-order valence-electron chi connectivity index (χ2n) is 7.05. The van der Waals surface area contributed by atoms with E-state index in [0.29, 0.717) is 18.2 Å². The van der Waals surface area contributed by atoms with Gasteiger partial charge in [0, 0.05) is 18.9 Å². The molecule has 0 saturated carbocycles. The third-order valence-electron chi connectivity index (χ3n) is 5.27. The van der Waals surface area contributed by atoms with E-state index >= 15 is 0 Å². The van der Waals surface area contributed by atoms with E-state index in [1.807, 2.05) is 12.1 Å². The highest BCUT2D eigenvalue weighted by atomic mass is 16.5. The van der Waals surface area contributed by atoms with Crippen LogP contribution in [0.3, 0.4) is 0 Å². The number of nitrogens with one attached hydrogen (secondary N) is 1. The molecular formula is C19H24N4O3. The number of carbonyl (C=O) groups is 1. The van der Waals surface area contributed by atoms with Gasteiger partial charge in [-0.2, -0.15) is 4.98 Å². The van der Waals surface area contributed by atoms with Crippen LogP contribution < -0.4 is 10.1 Å². The van der Waals surface area contributed by atoms with Gasteiger partial charge in [0.25, 0.3) is 0 Å². The number of methoxy groups -OCH3 is 1. The van der Waals surface area contributed by atoms with Crippen LogP contribution in [0, 0.1) is 0 Å². The summed E-state index contributed by atoms with van der Waals surface area (Å²) < 4.78 is 10.6. The summed E-state index contributed by atoms with van der Waals surface area (Å²) in [7, 11) is 1.68. The highest BCUT2D eigenvalue weighted by molar-refractivity contribution is 5.78. The Bertz CT molecular complexity index is 750. The minimum absolute atomic E-state index is 0.0570. The van der Waals surface area contributed by atoms with Gasteiger partial charge in [-0.15, -0.1) is 0 Å². The molecule has 2 aromatic rings. The zero-order valence-electron chi connectivity index (χ0n) is 15.0. The van der Waals surface area contributed by atoms with Gasteiger partial charge in [-0.05, 0) is 50.0 Å². The summed E-state index contributed by atoms with van der Waals surface area (Å²) >= 11 is 0. The van der Waals surface area contributed by atoms with Crippen molar-refractivity contribution in [1.82, 2.24) is 20.4 Å².